The number of imidazole rings is 1. The quantitative estimate of drug-likeness (QED) is 0.487. The molecular formula is C25H31ClN4O2. The van der Waals surface area contributed by atoms with Gasteiger partial charge in [0.1, 0.15) is 11.6 Å². The van der Waals surface area contributed by atoms with Crippen molar-refractivity contribution in [1.82, 2.24) is 20.6 Å². The van der Waals surface area contributed by atoms with E-state index in [1.54, 1.807) is 6.07 Å². The molecule has 7 heteroatoms. The zero-order valence-corrected chi connectivity index (χ0v) is 20.1. The molecule has 1 saturated heterocycles. The van der Waals surface area contributed by atoms with E-state index < -0.39 is 0 Å². The summed E-state index contributed by atoms with van der Waals surface area (Å²) in [4.78, 5) is 21.1. The van der Waals surface area contributed by atoms with E-state index in [9.17, 15) is 4.79 Å². The average Bonchev–Trinajstić information content (AvgIpc) is 3.08. The maximum absolute atomic E-state index is 13.1. The molecule has 1 amide bonds. The summed E-state index contributed by atoms with van der Waals surface area (Å²) in [7, 11) is 0. The van der Waals surface area contributed by atoms with Crippen LogP contribution in [-0.2, 0) is 0 Å². The summed E-state index contributed by atoms with van der Waals surface area (Å²) >= 11 is 6.10. The number of hydrogen-bond acceptors (Lipinski definition) is 4. The van der Waals surface area contributed by atoms with Gasteiger partial charge < -0.3 is 20.4 Å². The summed E-state index contributed by atoms with van der Waals surface area (Å²) in [6.45, 7) is 11.1. The number of amides is 1. The Hall–Kier alpha value is -2.57. The highest BCUT2D eigenvalue weighted by atomic mass is 35.5. The van der Waals surface area contributed by atoms with Crippen molar-refractivity contribution in [3.63, 3.8) is 0 Å². The van der Waals surface area contributed by atoms with Gasteiger partial charge in [-0.15, -0.1) is 0 Å². The van der Waals surface area contributed by atoms with E-state index in [0.29, 0.717) is 28.8 Å². The molecule has 1 fully saturated rings. The maximum atomic E-state index is 13.1. The van der Waals surface area contributed by atoms with Crippen molar-refractivity contribution in [1.29, 1.82) is 0 Å². The van der Waals surface area contributed by atoms with Gasteiger partial charge in [0.15, 0.2) is 0 Å². The van der Waals surface area contributed by atoms with Crippen LogP contribution in [0, 0.1) is 0 Å². The molecule has 2 aromatic carbocycles. The van der Waals surface area contributed by atoms with E-state index in [1.165, 1.54) is 0 Å². The standard InChI is InChI=1S/C25H31ClN4O2/c1-6-32-21-11-15(23(31)27-17-13-24(2,3)30-25(4,5)14-17)7-9-18(21)22-28-19-10-8-16(26)12-20(19)29-22/h7-12,17,30H,6,13-14H2,1-5H3,(H,27,31)(H,28,29). The first kappa shape index (κ1) is 22.6. The van der Waals surface area contributed by atoms with Crippen molar-refractivity contribution in [2.24, 2.45) is 0 Å². The minimum atomic E-state index is -0.0904. The lowest BCUT2D eigenvalue weighted by Crippen LogP contribution is -2.62. The number of hydrogen-bond donors (Lipinski definition) is 3. The summed E-state index contributed by atoms with van der Waals surface area (Å²) in [5, 5.41) is 7.52. The van der Waals surface area contributed by atoms with Crippen molar-refractivity contribution in [2.75, 3.05) is 6.61 Å². The van der Waals surface area contributed by atoms with Crippen LogP contribution in [0.15, 0.2) is 36.4 Å². The number of ether oxygens (including phenoxy) is 1. The molecule has 0 radical (unpaired) electrons. The Kier molecular flexibility index (Phi) is 5.94. The van der Waals surface area contributed by atoms with Crippen LogP contribution < -0.4 is 15.4 Å². The van der Waals surface area contributed by atoms with Crippen LogP contribution in [0.5, 0.6) is 5.75 Å². The van der Waals surface area contributed by atoms with E-state index in [1.807, 2.05) is 37.3 Å². The number of aromatic amines is 1. The van der Waals surface area contributed by atoms with Crippen LogP contribution in [-0.4, -0.2) is 39.6 Å². The fourth-order valence-electron chi connectivity index (χ4n) is 4.93. The van der Waals surface area contributed by atoms with Crippen LogP contribution in [0.2, 0.25) is 5.02 Å². The van der Waals surface area contributed by atoms with E-state index in [2.05, 4.69) is 48.3 Å². The van der Waals surface area contributed by atoms with Gasteiger partial charge in [0, 0.05) is 27.7 Å². The van der Waals surface area contributed by atoms with Gasteiger partial charge >= 0.3 is 0 Å². The van der Waals surface area contributed by atoms with Gasteiger partial charge in [-0.2, -0.15) is 0 Å². The fraction of sp³-hybridized carbons (Fsp3) is 0.440. The predicted molar refractivity (Wildman–Crippen MR) is 129 cm³/mol. The molecule has 1 aromatic heterocycles. The number of H-pyrrole nitrogens is 1. The highest BCUT2D eigenvalue weighted by Crippen LogP contribution is 2.32. The minimum absolute atomic E-state index is 0.0375. The van der Waals surface area contributed by atoms with Gasteiger partial charge in [-0.05, 0) is 83.9 Å². The lowest BCUT2D eigenvalue weighted by molar-refractivity contribution is 0.0872. The SMILES string of the molecule is CCOc1cc(C(=O)NC2CC(C)(C)NC(C)(C)C2)ccc1-c1nc2cc(Cl)ccc2[nH]1. The number of nitrogens with one attached hydrogen (secondary N) is 3. The minimum Gasteiger partial charge on any atom is -0.493 e. The van der Waals surface area contributed by atoms with Crippen LogP contribution in [0.25, 0.3) is 22.4 Å². The molecule has 2 heterocycles. The fourth-order valence-corrected chi connectivity index (χ4v) is 5.10. The molecule has 0 aliphatic carbocycles. The Balaban J connectivity index is 1.60. The first-order chi connectivity index (χ1) is 15.0. The maximum Gasteiger partial charge on any atom is 0.251 e. The molecule has 3 N–H and O–H groups in total. The molecule has 32 heavy (non-hydrogen) atoms. The van der Waals surface area contributed by atoms with E-state index >= 15 is 0 Å². The summed E-state index contributed by atoms with van der Waals surface area (Å²) in [5.74, 6) is 1.21. The van der Waals surface area contributed by atoms with E-state index in [4.69, 9.17) is 16.3 Å². The lowest BCUT2D eigenvalue weighted by atomic mass is 9.79. The summed E-state index contributed by atoms with van der Waals surface area (Å²) in [6.07, 6.45) is 1.75. The largest absolute Gasteiger partial charge is 0.493 e. The zero-order valence-electron chi connectivity index (χ0n) is 19.3. The average molecular weight is 455 g/mol. The van der Waals surface area contributed by atoms with Crippen LogP contribution in [0.4, 0.5) is 0 Å². The molecule has 0 bridgehead atoms. The van der Waals surface area contributed by atoms with Crippen LogP contribution >= 0.6 is 11.6 Å². The Morgan fingerprint density at radius 2 is 1.88 bits per heavy atom. The van der Waals surface area contributed by atoms with Crippen molar-refractivity contribution in [2.45, 2.75) is 64.6 Å². The third kappa shape index (κ3) is 4.92. The Morgan fingerprint density at radius 1 is 1.16 bits per heavy atom. The number of piperidine rings is 1. The molecule has 0 saturated carbocycles. The smallest absolute Gasteiger partial charge is 0.251 e. The number of halogens is 1. The number of rotatable bonds is 5. The third-order valence-corrected chi connectivity index (χ3v) is 6.00. The second-order valence-electron chi connectivity index (χ2n) is 9.86. The molecule has 3 aromatic rings. The van der Waals surface area contributed by atoms with Crippen molar-refractivity contribution >= 4 is 28.5 Å². The first-order valence-corrected chi connectivity index (χ1v) is 11.5. The molecule has 1 aliphatic rings. The predicted octanol–water partition coefficient (Wildman–Crippen LogP) is 5.32. The summed E-state index contributed by atoms with van der Waals surface area (Å²) in [6, 6.07) is 11.2. The Morgan fingerprint density at radius 3 is 2.56 bits per heavy atom. The summed E-state index contributed by atoms with van der Waals surface area (Å²) < 4.78 is 5.88. The van der Waals surface area contributed by atoms with E-state index in [-0.39, 0.29) is 23.0 Å². The number of carbonyl (C=O) groups is 1. The number of benzene rings is 2. The normalized spacial score (nSPS) is 17.9. The van der Waals surface area contributed by atoms with Gasteiger partial charge in [0.25, 0.3) is 5.91 Å². The van der Waals surface area contributed by atoms with Crippen LogP contribution in [0.1, 0.15) is 57.8 Å². The monoisotopic (exact) mass is 454 g/mol. The topological polar surface area (TPSA) is 79.0 Å². The second kappa shape index (κ2) is 8.41. The number of carbonyl (C=O) groups excluding carboxylic acids is 1. The van der Waals surface area contributed by atoms with Gasteiger partial charge in [-0.3, -0.25) is 4.79 Å². The van der Waals surface area contributed by atoms with Gasteiger partial charge in [0.05, 0.1) is 23.2 Å². The first-order valence-electron chi connectivity index (χ1n) is 11.1. The zero-order chi connectivity index (χ0) is 23.1. The molecular weight excluding hydrogens is 424 g/mol. The Labute approximate surface area is 194 Å². The molecule has 170 valence electrons. The van der Waals surface area contributed by atoms with Crippen molar-refractivity contribution in [3.05, 3.63) is 47.0 Å². The molecule has 4 rings (SSSR count). The van der Waals surface area contributed by atoms with Gasteiger partial charge in [0.2, 0.25) is 0 Å². The third-order valence-electron chi connectivity index (χ3n) is 5.77. The molecule has 6 nitrogen and oxygen atoms in total. The van der Waals surface area contributed by atoms with Gasteiger partial charge in [-0.1, -0.05) is 11.6 Å². The molecule has 0 unspecified atom stereocenters. The molecule has 0 spiro atoms. The number of aromatic nitrogens is 2. The number of fused-ring (bicyclic) bond motifs is 1. The van der Waals surface area contributed by atoms with Gasteiger partial charge in [-0.25, -0.2) is 4.98 Å². The highest BCUT2D eigenvalue weighted by molar-refractivity contribution is 6.31. The van der Waals surface area contributed by atoms with Crippen LogP contribution in [0.3, 0.4) is 0 Å². The number of nitrogens with zero attached hydrogens (tertiary/aromatic N) is 1. The van der Waals surface area contributed by atoms with Crippen molar-refractivity contribution in [3.8, 4) is 17.1 Å². The second-order valence-corrected chi connectivity index (χ2v) is 10.3. The molecule has 1 aliphatic heterocycles. The highest BCUT2D eigenvalue weighted by Gasteiger charge is 2.38. The lowest BCUT2D eigenvalue weighted by Gasteiger charge is -2.46. The molecule has 0 atom stereocenters. The van der Waals surface area contributed by atoms with Crippen molar-refractivity contribution < 1.29 is 9.53 Å². The van der Waals surface area contributed by atoms with E-state index in [0.717, 1.165) is 29.4 Å². The Bertz CT molecular complexity index is 1140. The summed E-state index contributed by atoms with van der Waals surface area (Å²) in [5.41, 5.74) is 2.98.